The van der Waals surface area contributed by atoms with Crippen molar-refractivity contribution in [1.82, 2.24) is 9.80 Å². The fourth-order valence-corrected chi connectivity index (χ4v) is 6.54. The van der Waals surface area contributed by atoms with Crippen molar-refractivity contribution in [1.29, 1.82) is 0 Å². The molecule has 4 rings (SSSR count). The number of nitrogens with zero attached hydrogens (tertiary/aromatic N) is 2. The van der Waals surface area contributed by atoms with Crippen molar-refractivity contribution >= 4 is 17.8 Å². The van der Waals surface area contributed by atoms with Crippen molar-refractivity contribution < 1.29 is 29.3 Å². The third kappa shape index (κ3) is 4.16. The number of likely N-dealkylation sites (tertiary alicyclic amines) is 1. The van der Waals surface area contributed by atoms with E-state index in [0.717, 1.165) is 18.4 Å². The number of aliphatic carboxylic acids is 1. The van der Waals surface area contributed by atoms with Crippen LogP contribution in [0.5, 0.6) is 0 Å². The minimum absolute atomic E-state index is 0.0894. The first-order valence-electron chi connectivity index (χ1n) is 12.6. The number of carbonyl (C=O) groups is 3. The van der Waals surface area contributed by atoms with E-state index in [1.165, 1.54) is 4.90 Å². The van der Waals surface area contributed by atoms with E-state index in [9.17, 15) is 24.6 Å². The molecule has 2 amide bonds. The molecule has 1 aromatic rings. The standard InChI is InChI=1S/C27H36N2O6/c1-4-9-17(3)28(14-5-2)25(32)23-27-13-12-20(35-27)21(26(33)34)22(27)24(31)29(23)19(16-30)15-18-10-7-6-8-11-18/h5-8,10-11,17,19-23,30H,2,4,9,12-16H2,1,3H3,(H,33,34)/t17?,19-,20+,21-,22+,23?,27?/m1/s1. The van der Waals surface area contributed by atoms with Gasteiger partial charge in [0.1, 0.15) is 11.6 Å². The van der Waals surface area contributed by atoms with Gasteiger partial charge in [-0.15, -0.1) is 6.58 Å². The van der Waals surface area contributed by atoms with Crippen molar-refractivity contribution in [3.63, 3.8) is 0 Å². The molecule has 0 aromatic heterocycles. The molecule has 2 bridgehead atoms. The van der Waals surface area contributed by atoms with Gasteiger partial charge in [-0.2, -0.15) is 0 Å². The van der Waals surface area contributed by atoms with Gasteiger partial charge in [0.25, 0.3) is 0 Å². The topological polar surface area (TPSA) is 107 Å². The van der Waals surface area contributed by atoms with E-state index >= 15 is 0 Å². The average Bonchev–Trinajstić information content (AvgIpc) is 3.49. The van der Waals surface area contributed by atoms with Gasteiger partial charge >= 0.3 is 5.97 Å². The van der Waals surface area contributed by atoms with E-state index in [1.54, 1.807) is 11.0 Å². The SMILES string of the molecule is C=CCN(C(=O)C1N([C@@H](CO)Cc2ccccc2)C(=O)[C@@H]2[C@H](C(=O)O)[C@@H]3CCC12O3)C(C)CCC. The van der Waals surface area contributed by atoms with E-state index < -0.39 is 47.5 Å². The fourth-order valence-electron chi connectivity index (χ4n) is 6.54. The van der Waals surface area contributed by atoms with Crippen molar-refractivity contribution in [2.75, 3.05) is 13.2 Å². The zero-order valence-electron chi connectivity index (χ0n) is 20.5. The Bertz CT molecular complexity index is 968. The molecule has 8 nitrogen and oxygen atoms in total. The third-order valence-corrected chi connectivity index (χ3v) is 8.02. The first kappa shape index (κ1) is 25.4. The summed E-state index contributed by atoms with van der Waals surface area (Å²) < 4.78 is 6.31. The Balaban J connectivity index is 1.78. The molecule has 3 aliphatic rings. The van der Waals surface area contributed by atoms with Crippen LogP contribution in [0.15, 0.2) is 43.0 Å². The van der Waals surface area contributed by atoms with Crippen molar-refractivity contribution in [2.45, 2.75) is 75.8 Å². The number of carboxylic acid groups (broad SMARTS) is 1. The summed E-state index contributed by atoms with van der Waals surface area (Å²) in [7, 11) is 0. The zero-order chi connectivity index (χ0) is 25.3. The maximum absolute atomic E-state index is 14.3. The summed E-state index contributed by atoms with van der Waals surface area (Å²) in [6.07, 6.45) is 4.04. The molecule has 0 saturated carbocycles. The Morgan fingerprint density at radius 3 is 2.66 bits per heavy atom. The summed E-state index contributed by atoms with van der Waals surface area (Å²) in [6.45, 7) is 7.81. The van der Waals surface area contributed by atoms with Crippen LogP contribution in [-0.4, -0.2) is 80.8 Å². The number of ether oxygens (including phenoxy) is 1. The lowest BCUT2D eigenvalue weighted by Crippen LogP contribution is -2.60. The minimum Gasteiger partial charge on any atom is -0.481 e. The number of carboxylic acids is 1. The largest absolute Gasteiger partial charge is 0.481 e. The number of fused-ring (bicyclic) bond motifs is 1. The summed E-state index contributed by atoms with van der Waals surface area (Å²) in [6, 6.07) is 7.72. The van der Waals surface area contributed by atoms with Gasteiger partial charge in [0, 0.05) is 12.6 Å². The summed E-state index contributed by atoms with van der Waals surface area (Å²) in [5.74, 6) is -3.68. The second-order valence-corrected chi connectivity index (χ2v) is 10.1. The molecule has 190 valence electrons. The van der Waals surface area contributed by atoms with E-state index in [-0.39, 0.29) is 18.6 Å². The first-order valence-corrected chi connectivity index (χ1v) is 12.6. The second-order valence-electron chi connectivity index (χ2n) is 10.1. The maximum Gasteiger partial charge on any atom is 0.310 e. The third-order valence-electron chi connectivity index (χ3n) is 8.02. The Kier molecular flexibility index (Phi) is 7.33. The van der Waals surface area contributed by atoms with E-state index in [4.69, 9.17) is 4.74 Å². The van der Waals surface area contributed by atoms with Gasteiger partial charge in [-0.25, -0.2) is 0 Å². The molecule has 1 aromatic carbocycles. The Morgan fingerprint density at radius 1 is 1.34 bits per heavy atom. The predicted octanol–water partition coefficient (Wildman–Crippen LogP) is 2.25. The maximum atomic E-state index is 14.3. The van der Waals surface area contributed by atoms with Gasteiger partial charge < -0.3 is 24.7 Å². The molecule has 3 unspecified atom stereocenters. The van der Waals surface area contributed by atoms with Gasteiger partial charge in [0.05, 0.1) is 30.6 Å². The molecular weight excluding hydrogens is 448 g/mol. The summed E-state index contributed by atoms with van der Waals surface area (Å²) in [4.78, 5) is 43.6. The molecule has 0 aliphatic carbocycles. The zero-order valence-corrected chi connectivity index (χ0v) is 20.5. The van der Waals surface area contributed by atoms with Gasteiger partial charge in [-0.1, -0.05) is 49.8 Å². The lowest BCUT2D eigenvalue weighted by atomic mass is 9.70. The summed E-state index contributed by atoms with van der Waals surface area (Å²) in [5.41, 5.74) is -0.278. The monoisotopic (exact) mass is 484 g/mol. The summed E-state index contributed by atoms with van der Waals surface area (Å²) in [5, 5.41) is 20.4. The van der Waals surface area contributed by atoms with Crippen LogP contribution in [0.2, 0.25) is 0 Å². The van der Waals surface area contributed by atoms with E-state index in [0.29, 0.717) is 25.8 Å². The molecule has 2 N–H and O–H groups in total. The summed E-state index contributed by atoms with van der Waals surface area (Å²) >= 11 is 0. The van der Waals surface area contributed by atoms with Gasteiger partial charge in [0.2, 0.25) is 11.8 Å². The quantitative estimate of drug-likeness (QED) is 0.467. The molecule has 35 heavy (non-hydrogen) atoms. The minimum atomic E-state index is -1.20. The molecule has 3 fully saturated rings. The average molecular weight is 485 g/mol. The van der Waals surface area contributed by atoms with Crippen LogP contribution in [0, 0.1) is 11.8 Å². The molecule has 3 saturated heterocycles. The number of amides is 2. The van der Waals surface area contributed by atoms with Crippen molar-refractivity contribution in [2.24, 2.45) is 11.8 Å². The van der Waals surface area contributed by atoms with Gasteiger partial charge in [-0.05, 0) is 38.2 Å². The van der Waals surface area contributed by atoms with Crippen molar-refractivity contribution in [3.8, 4) is 0 Å². The number of carbonyl (C=O) groups excluding carboxylic acids is 2. The molecule has 0 radical (unpaired) electrons. The number of hydrogen-bond acceptors (Lipinski definition) is 5. The van der Waals surface area contributed by atoms with Gasteiger partial charge in [-0.3, -0.25) is 14.4 Å². The van der Waals surface area contributed by atoms with Crippen LogP contribution >= 0.6 is 0 Å². The number of hydrogen-bond donors (Lipinski definition) is 2. The van der Waals surface area contributed by atoms with Crippen molar-refractivity contribution in [3.05, 3.63) is 48.6 Å². The van der Waals surface area contributed by atoms with E-state index in [1.807, 2.05) is 44.2 Å². The van der Waals surface area contributed by atoms with Crippen LogP contribution in [0.4, 0.5) is 0 Å². The number of rotatable bonds is 11. The highest BCUT2D eigenvalue weighted by Gasteiger charge is 2.75. The Labute approximate surface area is 206 Å². The number of aliphatic hydroxyl groups excluding tert-OH is 1. The Hall–Kier alpha value is -2.71. The molecule has 3 heterocycles. The van der Waals surface area contributed by atoms with Gasteiger partial charge in [0.15, 0.2) is 0 Å². The van der Waals surface area contributed by atoms with Crippen LogP contribution in [0.1, 0.15) is 45.1 Å². The second kappa shape index (κ2) is 10.1. The number of aliphatic hydroxyl groups is 1. The van der Waals surface area contributed by atoms with Crippen LogP contribution < -0.4 is 0 Å². The van der Waals surface area contributed by atoms with Crippen LogP contribution in [-0.2, 0) is 25.5 Å². The highest BCUT2D eigenvalue weighted by atomic mass is 16.5. The van der Waals surface area contributed by atoms with Crippen LogP contribution in [0.3, 0.4) is 0 Å². The lowest BCUT2D eigenvalue weighted by molar-refractivity contribution is -0.154. The highest BCUT2D eigenvalue weighted by Crippen LogP contribution is 2.59. The lowest BCUT2D eigenvalue weighted by Gasteiger charge is -2.41. The van der Waals surface area contributed by atoms with Crippen LogP contribution in [0.25, 0.3) is 0 Å². The Morgan fingerprint density at radius 2 is 2.06 bits per heavy atom. The smallest absolute Gasteiger partial charge is 0.310 e. The highest BCUT2D eigenvalue weighted by molar-refractivity contribution is 5.98. The molecule has 7 atom stereocenters. The normalized spacial score (nSPS) is 30.7. The molecule has 8 heteroatoms. The molecular formula is C27H36N2O6. The fraction of sp³-hybridized carbons (Fsp3) is 0.593. The first-order chi connectivity index (χ1) is 16.8. The molecule has 1 spiro atoms. The molecule has 3 aliphatic heterocycles. The predicted molar refractivity (Wildman–Crippen MR) is 129 cm³/mol. The number of benzene rings is 1. The van der Waals surface area contributed by atoms with E-state index in [2.05, 4.69) is 6.58 Å².